The molecule has 0 aliphatic heterocycles. The summed E-state index contributed by atoms with van der Waals surface area (Å²) < 4.78 is 39.8. The van der Waals surface area contributed by atoms with E-state index in [1.807, 2.05) is 11.8 Å². The second kappa shape index (κ2) is 47.7. The molecular weight excluding hydrogens is 949 g/mol. The first-order chi connectivity index (χ1) is 32.6. The molecule has 372 valence electrons. The van der Waals surface area contributed by atoms with Gasteiger partial charge in [0.1, 0.15) is 0 Å². The van der Waals surface area contributed by atoms with E-state index in [0.717, 1.165) is 37.2 Å². The van der Waals surface area contributed by atoms with Gasteiger partial charge in [-0.2, -0.15) is 0 Å². The third-order valence-corrected chi connectivity index (χ3v) is 11.3. The first-order valence-corrected chi connectivity index (χ1v) is 26.1. The molecule has 0 N–H and O–H groups in total. The zero-order valence-electron chi connectivity index (χ0n) is 38.0. The van der Waals surface area contributed by atoms with Crippen LogP contribution in [0.25, 0.3) is 0 Å². The van der Waals surface area contributed by atoms with Crippen molar-refractivity contribution in [1.29, 1.82) is 0 Å². The van der Waals surface area contributed by atoms with Gasteiger partial charge in [0, 0.05) is 66.9 Å². The molecule has 0 amide bonds. The van der Waals surface area contributed by atoms with Gasteiger partial charge in [0.2, 0.25) is 0 Å². The van der Waals surface area contributed by atoms with Crippen LogP contribution in [0.2, 0.25) is 0 Å². The number of ether oxygens (including phenoxy) is 8. The van der Waals surface area contributed by atoms with Gasteiger partial charge in [-0.25, -0.2) is 28.8 Å². The second-order valence-electron chi connectivity index (χ2n) is 13.5. The molecule has 0 saturated carbocycles. The minimum atomic E-state index is -0.770. The highest BCUT2D eigenvalue weighted by molar-refractivity contribution is 8.02. The van der Waals surface area contributed by atoms with E-state index in [0.29, 0.717) is 43.6 Å². The molecule has 0 radical (unpaired) electrons. The Balaban J connectivity index is 3.59. The molecule has 67 heavy (non-hydrogen) atoms. The van der Waals surface area contributed by atoms with Crippen molar-refractivity contribution in [2.24, 2.45) is 0 Å². The van der Waals surface area contributed by atoms with Crippen LogP contribution in [0.3, 0.4) is 0 Å². The fourth-order valence-corrected chi connectivity index (χ4v) is 7.28. The van der Waals surface area contributed by atoms with Crippen LogP contribution in [0, 0.1) is 24.7 Å². The maximum absolute atomic E-state index is 11.9. The molecule has 0 aromatic carbocycles. The van der Waals surface area contributed by atoms with E-state index in [2.05, 4.69) is 4.74 Å². The normalized spacial score (nSPS) is 11.0. The van der Waals surface area contributed by atoms with Crippen molar-refractivity contribution >= 4 is 94.8 Å². The van der Waals surface area contributed by atoms with Crippen molar-refractivity contribution in [2.75, 3.05) is 75.9 Å². The molecular formula is C47H64O16S4. The van der Waals surface area contributed by atoms with Crippen LogP contribution in [0.5, 0.6) is 0 Å². The number of rotatable bonds is 42. The fraction of sp³-hybridized carbons (Fsp3) is 0.574. The van der Waals surface area contributed by atoms with Gasteiger partial charge in [-0.15, -0.1) is 59.9 Å². The molecule has 0 saturated heterocycles. The summed E-state index contributed by atoms with van der Waals surface area (Å²) in [7, 11) is 0. The second-order valence-corrected chi connectivity index (χ2v) is 17.5. The minimum Gasteiger partial charge on any atom is -0.466 e. The van der Waals surface area contributed by atoms with Crippen molar-refractivity contribution < 1.29 is 76.3 Å². The van der Waals surface area contributed by atoms with Crippen LogP contribution in [0.1, 0.15) is 96.3 Å². The van der Waals surface area contributed by atoms with E-state index in [1.165, 1.54) is 73.5 Å². The monoisotopic (exact) mass is 1010 g/mol. The van der Waals surface area contributed by atoms with Gasteiger partial charge in [0.25, 0.3) is 0 Å². The standard InChI is InChI=1S/C47H64O16S4/c1-3-40(48)56-24-13-26-58-44(52)20-36-64-32-11-9-7-5-6-8-10-12-33-65-37-21-45(53)60-28-15-29-61-47(55)23-39-67-35-17-31-63-43(51)19-18-42(50)62-30-16-34-66-38-22-46(54)59-27-14-25-57-41(49)4-2/h1-2,20-23,36-39H,5-19,24-35H2/b36-20?,37-21+,38-22+,39-23?. The number of hydrogen-bond donors (Lipinski definition) is 0. The Morgan fingerprint density at radius 1 is 0.328 bits per heavy atom. The number of terminal acetylenes is 2. The molecule has 0 rings (SSSR count). The van der Waals surface area contributed by atoms with Crippen LogP contribution in [-0.4, -0.2) is 124 Å². The smallest absolute Gasteiger partial charge is 0.384 e. The summed E-state index contributed by atoms with van der Waals surface area (Å²) in [6.45, 7) is 0.991. The highest BCUT2D eigenvalue weighted by Gasteiger charge is 2.09. The Kier molecular flexibility index (Phi) is 44.3. The number of carbonyl (C=O) groups is 8. The maximum Gasteiger partial charge on any atom is 0.384 e. The van der Waals surface area contributed by atoms with Gasteiger partial charge >= 0.3 is 47.8 Å². The predicted octanol–water partition coefficient (Wildman–Crippen LogP) is 7.44. The Bertz CT molecular complexity index is 1650. The summed E-state index contributed by atoms with van der Waals surface area (Å²) in [5, 5.41) is 6.64. The average molecular weight is 1010 g/mol. The zero-order valence-corrected chi connectivity index (χ0v) is 41.3. The molecule has 0 heterocycles. The third kappa shape index (κ3) is 47.5. The van der Waals surface area contributed by atoms with E-state index in [-0.39, 0.29) is 65.7 Å². The van der Waals surface area contributed by atoms with Crippen LogP contribution < -0.4 is 0 Å². The van der Waals surface area contributed by atoms with E-state index in [9.17, 15) is 38.4 Å². The Labute approximate surface area is 411 Å². The summed E-state index contributed by atoms with van der Waals surface area (Å²) in [5.41, 5.74) is 0. The molecule has 20 heteroatoms. The van der Waals surface area contributed by atoms with Gasteiger partial charge in [-0.1, -0.05) is 38.5 Å². The SMILES string of the molecule is C#CC(=O)OCCCOC(=O)C=CSCCCCCCCCCCS/C=C/C(=O)OCCCOC(=O)C=CSCCCOC(=O)CCC(=O)OCCCS/C=C/C(=O)OCCCOC(=O)C#C. The topological polar surface area (TPSA) is 210 Å². The lowest BCUT2D eigenvalue weighted by molar-refractivity contribution is -0.150. The largest absolute Gasteiger partial charge is 0.466 e. The third-order valence-electron chi connectivity index (χ3n) is 7.89. The quantitative estimate of drug-likeness (QED) is 0.0145. The highest BCUT2D eigenvalue weighted by atomic mass is 32.2. The van der Waals surface area contributed by atoms with Crippen LogP contribution in [0.15, 0.2) is 45.9 Å². The van der Waals surface area contributed by atoms with Crippen LogP contribution >= 0.6 is 47.0 Å². The molecule has 0 spiro atoms. The van der Waals surface area contributed by atoms with Crippen molar-refractivity contribution in [3.8, 4) is 24.7 Å². The van der Waals surface area contributed by atoms with E-state index < -0.39 is 47.8 Å². The number of esters is 8. The van der Waals surface area contributed by atoms with Crippen molar-refractivity contribution in [1.82, 2.24) is 0 Å². The lowest BCUT2D eigenvalue weighted by atomic mass is 10.1. The van der Waals surface area contributed by atoms with Crippen molar-refractivity contribution in [3.63, 3.8) is 0 Å². The van der Waals surface area contributed by atoms with Gasteiger partial charge < -0.3 is 37.9 Å². The van der Waals surface area contributed by atoms with Gasteiger partial charge in [-0.05, 0) is 58.8 Å². The van der Waals surface area contributed by atoms with Crippen molar-refractivity contribution in [2.45, 2.75) is 96.3 Å². The van der Waals surface area contributed by atoms with Crippen LogP contribution in [0.4, 0.5) is 0 Å². The molecule has 0 bridgehead atoms. The molecule has 0 aromatic rings. The Morgan fingerprint density at radius 3 is 0.881 bits per heavy atom. The summed E-state index contributed by atoms with van der Waals surface area (Å²) in [4.78, 5) is 92.4. The number of hydrogen-bond acceptors (Lipinski definition) is 20. The van der Waals surface area contributed by atoms with Crippen molar-refractivity contribution in [3.05, 3.63) is 45.9 Å². The van der Waals surface area contributed by atoms with E-state index >= 15 is 0 Å². The summed E-state index contributed by atoms with van der Waals surface area (Å²) >= 11 is 5.84. The summed E-state index contributed by atoms with van der Waals surface area (Å²) in [6, 6.07) is 0. The first kappa shape index (κ1) is 62.2. The molecule has 0 aliphatic rings. The van der Waals surface area contributed by atoms with Crippen LogP contribution in [-0.2, 0) is 76.3 Å². The number of thioether (sulfide) groups is 4. The predicted molar refractivity (Wildman–Crippen MR) is 261 cm³/mol. The zero-order chi connectivity index (χ0) is 49.3. The van der Waals surface area contributed by atoms with Gasteiger partial charge in [0.05, 0.1) is 65.7 Å². The lowest BCUT2D eigenvalue weighted by Gasteiger charge is -2.05. The molecule has 0 aromatic heterocycles. The lowest BCUT2D eigenvalue weighted by Crippen LogP contribution is -2.12. The molecule has 0 fully saturated rings. The first-order valence-electron chi connectivity index (χ1n) is 21.9. The molecule has 16 nitrogen and oxygen atoms in total. The highest BCUT2D eigenvalue weighted by Crippen LogP contribution is 2.14. The molecule has 0 aliphatic carbocycles. The number of unbranched alkanes of at least 4 members (excludes halogenated alkanes) is 7. The van der Waals surface area contributed by atoms with E-state index in [1.54, 1.807) is 45.2 Å². The summed E-state index contributed by atoms with van der Waals surface area (Å²) in [6.07, 6.45) is 26.3. The van der Waals surface area contributed by atoms with Gasteiger partial charge in [0.15, 0.2) is 0 Å². The van der Waals surface area contributed by atoms with Gasteiger partial charge in [-0.3, -0.25) is 9.59 Å². The van der Waals surface area contributed by atoms with E-state index in [4.69, 9.17) is 46.0 Å². The maximum atomic E-state index is 11.9. The number of carbonyl (C=O) groups excluding carboxylic acids is 8. The fourth-order valence-electron chi connectivity index (χ4n) is 4.60. The molecule has 0 unspecified atom stereocenters. The molecule has 0 atom stereocenters. The Hall–Kier alpha value is -4.76. The minimum absolute atomic E-state index is 0.0595. The summed E-state index contributed by atoms with van der Waals surface area (Å²) in [5.74, 6) is 2.26. The average Bonchev–Trinajstić information content (AvgIpc) is 3.31. The Morgan fingerprint density at radius 2 is 0.582 bits per heavy atom.